The predicted octanol–water partition coefficient (Wildman–Crippen LogP) is 3.36. The number of furan rings is 1. The van der Waals surface area contributed by atoms with Crippen LogP contribution >= 0.6 is 11.6 Å². The zero-order chi connectivity index (χ0) is 17.2. The van der Waals surface area contributed by atoms with E-state index in [-0.39, 0.29) is 22.5 Å². The lowest BCUT2D eigenvalue weighted by Crippen LogP contribution is -2.36. The van der Waals surface area contributed by atoms with Crippen molar-refractivity contribution in [2.75, 3.05) is 19.6 Å². The lowest BCUT2D eigenvalue weighted by molar-refractivity contribution is 0.216. The van der Waals surface area contributed by atoms with Crippen LogP contribution in [0.15, 0.2) is 45.9 Å². The lowest BCUT2D eigenvalue weighted by atomic mass is 10.2. The Kier molecular flexibility index (Phi) is 5.30. The van der Waals surface area contributed by atoms with Gasteiger partial charge >= 0.3 is 0 Å². The number of nitrogens with zero attached hydrogens (tertiary/aromatic N) is 1. The monoisotopic (exact) mass is 368 g/mol. The standard InChI is InChI=1S/C17H21ClN2O3S/c1-13-6-7-17(14(18)11-13)24(21,22)19-12-15(16-5-4-10-23-16)20-8-2-3-9-20/h4-7,10-11,15,19H,2-3,8-9,12H2,1H3/t15-/m0/s1. The number of halogens is 1. The maximum Gasteiger partial charge on any atom is 0.242 e. The van der Waals surface area contributed by atoms with Crippen molar-refractivity contribution in [3.05, 3.63) is 52.9 Å². The molecule has 0 unspecified atom stereocenters. The van der Waals surface area contributed by atoms with Crippen LogP contribution < -0.4 is 4.72 Å². The van der Waals surface area contributed by atoms with Gasteiger partial charge in [-0.05, 0) is 62.7 Å². The van der Waals surface area contributed by atoms with Crippen LogP contribution in [0.5, 0.6) is 0 Å². The zero-order valence-electron chi connectivity index (χ0n) is 13.5. The van der Waals surface area contributed by atoms with Crippen LogP contribution in [-0.4, -0.2) is 33.0 Å². The summed E-state index contributed by atoms with van der Waals surface area (Å²) in [7, 11) is -3.67. The number of sulfonamides is 1. The van der Waals surface area contributed by atoms with Gasteiger partial charge in [0.05, 0.1) is 17.3 Å². The number of benzene rings is 1. The molecule has 0 saturated carbocycles. The lowest BCUT2D eigenvalue weighted by Gasteiger charge is -2.26. The van der Waals surface area contributed by atoms with Crippen LogP contribution in [0.1, 0.15) is 30.2 Å². The van der Waals surface area contributed by atoms with Crippen LogP contribution in [0, 0.1) is 6.92 Å². The Labute approximate surface area is 147 Å². The molecule has 1 saturated heterocycles. The number of hydrogen-bond donors (Lipinski definition) is 1. The quantitative estimate of drug-likeness (QED) is 0.849. The van der Waals surface area contributed by atoms with E-state index in [1.54, 1.807) is 18.4 Å². The number of likely N-dealkylation sites (tertiary alicyclic amines) is 1. The van der Waals surface area contributed by atoms with Crippen molar-refractivity contribution in [3.8, 4) is 0 Å². The minimum absolute atomic E-state index is 0.106. The summed E-state index contributed by atoms with van der Waals surface area (Å²) < 4.78 is 33.4. The van der Waals surface area contributed by atoms with Crippen LogP contribution in [-0.2, 0) is 10.0 Å². The van der Waals surface area contributed by atoms with Gasteiger partial charge in [0.2, 0.25) is 10.0 Å². The number of rotatable bonds is 6. The van der Waals surface area contributed by atoms with E-state index < -0.39 is 10.0 Å². The van der Waals surface area contributed by atoms with E-state index in [2.05, 4.69) is 9.62 Å². The predicted molar refractivity (Wildman–Crippen MR) is 93.6 cm³/mol. The van der Waals surface area contributed by atoms with Crippen molar-refractivity contribution in [2.24, 2.45) is 0 Å². The minimum atomic E-state index is -3.67. The first-order valence-corrected chi connectivity index (χ1v) is 9.87. The highest BCUT2D eigenvalue weighted by molar-refractivity contribution is 7.89. The molecule has 2 heterocycles. The molecular weight excluding hydrogens is 348 g/mol. The largest absolute Gasteiger partial charge is 0.468 e. The second-order valence-corrected chi connectivity index (χ2v) is 8.20. The summed E-state index contributed by atoms with van der Waals surface area (Å²) in [5.41, 5.74) is 0.921. The van der Waals surface area contributed by atoms with Gasteiger partial charge in [0, 0.05) is 6.54 Å². The average Bonchev–Trinajstić information content (AvgIpc) is 3.20. The Morgan fingerprint density at radius 3 is 2.67 bits per heavy atom. The van der Waals surface area contributed by atoms with Gasteiger partial charge in [-0.25, -0.2) is 13.1 Å². The summed E-state index contributed by atoms with van der Waals surface area (Å²) >= 11 is 6.11. The maximum atomic E-state index is 12.6. The molecule has 130 valence electrons. The van der Waals surface area contributed by atoms with Crippen LogP contribution in [0.2, 0.25) is 5.02 Å². The third kappa shape index (κ3) is 3.83. The van der Waals surface area contributed by atoms with Crippen LogP contribution in [0.25, 0.3) is 0 Å². The zero-order valence-corrected chi connectivity index (χ0v) is 15.1. The van der Waals surface area contributed by atoms with E-state index in [0.717, 1.165) is 37.3 Å². The molecule has 7 heteroatoms. The Balaban J connectivity index is 1.78. The van der Waals surface area contributed by atoms with Crippen LogP contribution in [0.3, 0.4) is 0 Å². The molecule has 5 nitrogen and oxygen atoms in total. The minimum Gasteiger partial charge on any atom is -0.468 e. The highest BCUT2D eigenvalue weighted by atomic mass is 35.5. The summed E-state index contributed by atoms with van der Waals surface area (Å²) in [6.45, 7) is 4.01. The Morgan fingerprint density at radius 2 is 2.04 bits per heavy atom. The summed E-state index contributed by atoms with van der Waals surface area (Å²) in [4.78, 5) is 2.35. The summed E-state index contributed by atoms with van der Waals surface area (Å²) in [5.74, 6) is 0.773. The molecule has 1 aliphatic heterocycles. The molecule has 1 atom stereocenters. The number of nitrogens with one attached hydrogen (secondary N) is 1. The van der Waals surface area contributed by atoms with E-state index in [0.29, 0.717) is 0 Å². The van der Waals surface area contributed by atoms with Gasteiger partial charge in [-0.15, -0.1) is 0 Å². The second-order valence-electron chi connectivity index (χ2n) is 6.06. The molecule has 2 aromatic rings. The van der Waals surface area contributed by atoms with Crippen molar-refractivity contribution < 1.29 is 12.8 Å². The molecule has 0 bridgehead atoms. The van der Waals surface area contributed by atoms with Gasteiger partial charge in [0.1, 0.15) is 10.7 Å². The molecule has 0 spiro atoms. The normalized spacial score (nSPS) is 17.2. The molecule has 1 aliphatic rings. The smallest absolute Gasteiger partial charge is 0.242 e. The van der Waals surface area contributed by atoms with Gasteiger partial charge < -0.3 is 4.42 Å². The molecule has 1 aromatic carbocycles. The first-order valence-electron chi connectivity index (χ1n) is 8.00. The number of aryl methyl sites for hydroxylation is 1. The highest BCUT2D eigenvalue weighted by Gasteiger charge is 2.28. The third-order valence-corrected chi connectivity index (χ3v) is 6.20. The van der Waals surface area contributed by atoms with Crippen LogP contribution in [0.4, 0.5) is 0 Å². The summed E-state index contributed by atoms with van der Waals surface area (Å²) in [5, 5.41) is 0.234. The van der Waals surface area contributed by atoms with E-state index in [4.69, 9.17) is 16.0 Å². The molecular formula is C17H21ClN2O3S. The van der Waals surface area contributed by atoms with E-state index in [9.17, 15) is 8.42 Å². The van der Waals surface area contributed by atoms with Gasteiger partial charge in [-0.3, -0.25) is 4.90 Å². The maximum absolute atomic E-state index is 12.6. The molecule has 1 N–H and O–H groups in total. The Morgan fingerprint density at radius 1 is 1.29 bits per heavy atom. The molecule has 1 fully saturated rings. The fourth-order valence-corrected chi connectivity index (χ4v) is 4.67. The van der Waals surface area contributed by atoms with Crippen molar-refractivity contribution in [1.29, 1.82) is 0 Å². The topological polar surface area (TPSA) is 62.6 Å². The van der Waals surface area contributed by atoms with Gasteiger partial charge in [0.25, 0.3) is 0 Å². The fraction of sp³-hybridized carbons (Fsp3) is 0.412. The third-order valence-electron chi connectivity index (χ3n) is 4.30. The molecule has 24 heavy (non-hydrogen) atoms. The van der Waals surface area contributed by atoms with Crippen molar-refractivity contribution in [2.45, 2.75) is 30.7 Å². The van der Waals surface area contributed by atoms with Crippen molar-refractivity contribution in [1.82, 2.24) is 9.62 Å². The fourth-order valence-electron chi connectivity index (χ4n) is 3.03. The van der Waals surface area contributed by atoms with Gasteiger partial charge in [0.15, 0.2) is 0 Å². The van der Waals surface area contributed by atoms with E-state index >= 15 is 0 Å². The Bertz CT molecular complexity index is 784. The Hall–Kier alpha value is -1.34. The van der Waals surface area contributed by atoms with Crippen molar-refractivity contribution in [3.63, 3.8) is 0 Å². The number of hydrogen-bond acceptors (Lipinski definition) is 4. The van der Waals surface area contributed by atoms with Gasteiger partial charge in [-0.1, -0.05) is 17.7 Å². The van der Waals surface area contributed by atoms with E-state index in [1.807, 2.05) is 19.1 Å². The second kappa shape index (κ2) is 7.27. The molecule has 0 amide bonds. The average molecular weight is 369 g/mol. The summed E-state index contributed by atoms with van der Waals surface area (Å²) in [6, 6.07) is 8.53. The van der Waals surface area contributed by atoms with Gasteiger partial charge in [-0.2, -0.15) is 0 Å². The SMILES string of the molecule is Cc1ccc(S(=O)(=O)NC[C@@H](c2ccco2)N2CCCC2)c(Cl)c1. The first-order chi connectivity index (χ1) is 11.5. The molecule has 3 rings (SSSR count). The first kappa shape index (κ1) is 17.5. The highest BCUT2D eigenvalue weighted by Crippen LogP contribution is 2.27. The molecule has 0 radical (unpaired) electrons. The molecule has 1 aromatic heterocycles. The summed E-state index contributed by atoms with van der Waals surface area (Å²) in [6.07, 6.45) is 3.85. The molecule has 0 aliphatic carbocycles. The van der Waals surface area contributed by atoms with Crippen molar-refractivity contribution >= 4 is 21.6 Å². The van der Waals surface area contributed by atoms with E-state index in [1.165, 1.54) is 6.07 Å².